The molecule has 0 spiro atoms. The lowest BCUT2D eigenvalue weighted by atomic mass is 10.2. The molecular weight excluding hydrogens is 300 g/mol. The van der Waals surface area contributed by atoms with E-state index >= 15 is 0 Å². The summed E-state index contributed by atoms with van der Waals surface area (Å²) in [5.41, 5.74) is -0.849. The predicted molar refractivity (Wildman–Crippen MR) is 88.3 cm³/mol. The van der Waals surface area contributed by atoms with Crippen molar-refractivity contribution in [1.29, 1.82) is 0 Å². The molecule has 1 aliphatic heterocycles. The number of hydrogen-bond acceptors (Lipinski definition) is 5. The highest BCUT2D eigenvalue weighted by molar-refractivity contribution is 5.71. The molecule has 7 nitrogen and oxygen atoms in total. The third kappa shape index (κ3) is 11.7. The van der Waals surface area contributed by atoms with Gasteiger partial charge in [-0.05, 0) is 55.4 Å². The zero-order valence-corrected chi connectivity index (χ0v) is 15.6. The van der Waals surface area contributed by atoms with Crippen molar-refractivity contribution in [3.05, 3.63) is 0 Å². The fourth-order valence-electron chi connectivity index (χ4n) is 1.37. The van der Waals surface area contributed by atoms with Gasteiger partial charge in [-0.15, -0.1) is 0 Å². The third-order valence-corrected chi connectivity index (χ3v) is 2.52. The number of carbonyl (C=O) groups excluding carboxylic acids is 2. The minimum Gasteiger partial charge on any atom is -0.444 e. The van der Waals surface area contributed by atoms with Crippen LogP contribution in [0.4, 0.5) is 9.59 Å². The fourth-order valence-corrected chi connectivity index (χ4v) is 1.37. The van der Waals surface area contributed by atoms with E-state index in [1.807, 2.05) is 27.7 Å². The normalized spacial score (nSPS) is 18.3. The first-order valence-corrected chi connectivity index (χ1v) is 7.85. The number of alkyl carbamates (subject to hydrolysis) is 1. The molecule has 2 atom stereocenters. The van der Waals surface area contributed by atoms with Gasteiger partial charge in [0, 0.05) is 6.54 Å². The van der Waals surface area contributed by atoms with Crippen molar-refractivity contribution < 1.29 is 24.2 Å². The fraction of sp³-hybridized carbons (Fsp3) is 0.875. The molecule has 1 heterocycles. The summed E-state index contributed by atoms with van der Waals surface area (Å²) in [6.07, 6.45) is -0.686. The van der Waals surface area contributed by atoms with Crippen LogP contribution in [-0.4, -0.2) is 58.6 Å². The maximum Gasteiger partial charge on any atom is 0.410 e. The largest absolute Gasteiger partial charge is 0.444 e. The summed E-state index contributed by atoms with van der Waals surface area (Å²) in [7, 11) is 0. The van der Waals surface area contributed by atoms with Crippen LogP contribution in [0.2, 0.25) is 0 Å². The van der Waals surface area contributed by atoms with Crippen LogP contribution in [0, 0.1) is 0 Å². The lowest BCUT2D eigenvalue weighted by molar-refractivity contribution is 0.0408. The van der Waals surface area contributed by atoms with E-state index in [2.05, 4.69) is 5.32 Å². The topological polar surface area (TPSA) is 87.9 Å². The van der Waals surface area contributed by atoms with Crippen LogP contribution in [0.15, 0.2) is 0 Å². The minimum absolute atomic E-state index is 0.0841. The van der Waals surface area contributed by atoms with E-state index < -0.39 is 11.7 Å². The molecule has 0 radical (unpaired) electrons. The zero-order valence-electron chi connectivity index (χ0n) is 15.6. The number of amides is 2. The van der Waals surface area contributed by atoms with E-state index in [-0.39, 0.29) is 24.3 Å². The number of nitrogens with zero attached hydrogens (tertiary/aromatic N) is 1. The Morgan fingerprint density at radius 1 is 1.17 bits per heavy atom. The number of ether oxygens (including phenoxy) is 2. The van der Waals surface area contributed by atoms with Gasteiger partial charge < -0.3 is 24.8 Å². The quantitative estimate of drug-likeness (QED) is 0.759. The van der Waals surface area contributed by atoms with E-state index in [1.165, 1.54) is 0 Å². The Hall–Kier alpha value is -1.50. The first kappa shape index (κ1) is 21.5. The molecule has 2 N–H and O–H groups in total. The Kier molecular flexibility index (Phi) is 7.83. The summed E-state index contributed by atoms with van der Waals surface area (Å²) in [6.45, 7) is 15.4. The molecule has 0 saturated carbocycles. The number of rotatable bonds is 2. The number of carbonyl (C=O) groups is 2. The van der Waals surface area contributed by atoms with Gasteiger partial charge in [0.2, 0.25) is 0 Å². The molecule has 1 fully saturated rings. The van der Waals surface area contributed by atoms with E-state index in [9.17, 15) is 9.59 Å². The van der Waals surface area contributed by atoms with Crippen LogP contribution in [0.3, 0.4) is 0 Å². The van der Waals surface area contributed by atoms with Gasteiger partial charge >= 0.3 is 12.2 Å². The summed E-state index contributed by atoms with van der Waals surface area (Å²) >= 11 is 0. The Morgan fingerprint density at radius 3 is 1.91 bits per heavy atom. The maximum absolute atomic E-state index is 11.1. The van der Waals surface area contributed by atoms with Crippen LogP contribution in [-0.2, 0) is 9.47 Å². The van der Waals surface area contributed by atoms with Crippen molar-refractivity contribution in [1.82, 2.24) is 10.2 Å². The molecule has 0 aromatic carbocycles. The number of aliphatic hydroxyl groups is 1. The van der Waals surface area contributed by atoms with Crippen LogP contribution < -0.4 is 5.32 Å². The molecule has 0 aromatic heterocycles. The SMILES string of the molecule is CC1CN1C(=O)OC(C)(C)C.C[C@H](CO)NC(=O)OC(C)(C)C. The molecule has 0 aliphatic carbocycles. The molecule has 0 bridgehead atoms. The van der Waals surface area contributed by atoms with Crippen molar-refractivity contribution in [2.24, 2.45) is 0 Å². The monoisotopic (exact) mass is 332 g/mol. The van der Waals surface area contributed by atoms with Crippen LogP contribution in [0.25, 0.3) is 0 Å². The second-order valence-electron chi connectivity index (χ2n) is 7.71. The first-order chi connectivity index (χ1) is 10.2. The number of aliphatic hydroxyl groups excluding tert-OH is 1. The molecule has 23 heavy (non-hydrogen) atoms. The standard InChI is InChI=1S/C8H17NO3.C8H15NO2/c1-6(5-10)9-7(11)12-8(2,3)4;1-6-5-9(6)7(10)11-8(2,3)4/h6,10H,5H2,1-4H3,(H,9,11);6H,5H2,1-4H3/t6-;/m1./s1. The third-order valence-electron chi connectivity index (χ3n) is 2.52. The second kappa shape index (κ2) is 8.38. The Morgan fingerprint density at radius 2 is 1.61 bits per heavy atom. The molecule has 2 amide bonds. The van der Waals surface area contributed by atoms with Gasteiger partial charge in [-0.2, -0.15) is 0 Å². The highest BCUT2D eigenvalue weighted by Crippen LogP contribution is 2.20. The highest BCUT2D eigenvalue weighted by Gasteiger charge is 2.37. The number of nitrogens with one attached hydrogen (secondary N) is 1. The summed E-state index contributed by atoms with van der Waals surface area (Å²) in [5, 5.41) is 11.1. The zero-order chi connectivity index (χ0) is 18.4. The van der Waals surface area contributed by atoms with Crippen molar-refractivity contribution in [3.8, 4) is 0 Å². The van der Waals surface area contributed by atoms with Crippen molar-refractivity contribution >= 4 is 12.2 Å². The minimum atomic E-state index is -0.496. The van der Waals surface area contributed by atoms with E-state index in [1.54, 1.807) is 32.6 Å². The summed E-state index contributed by atoms with van der Waals surface area (Å²) < 4.78 is 10.1. The van der Waals surface area contributed by atoms with Gasteiger partial charge in [0.05, 0.1) is 18.7 Å². The average molecular weight is 332 g/mol. The average Bonchev–Trinajstić information content (AvgIpc) is 3.02. The van der Waals surface area contributed by atoms with Gasteiger partial charge in [0.25, 0.3) is 0 Å². The van der Waals surface area contributed by atoms with Gasteiger partial charge in [-0.25, -0.2) is 9.59 Å². The van der Waals surface area contributed by atoms with Crippen LogP contribution in [0.1, 0.15) is 55.4 Å². The summed E-state index contributed by atoms with van der Waals surface area (Å²) in [6, 6.07) is 0.115. The molecule has 1 aliphatic rings. The van der Waals surface area contributed by atoms with Gasteiger partial charge in [-0.1, -0.05) is 0 Å². The Balaban J connectivity index is 0.000000422. The van der Waals surface area contributed by atoms with E-state index in [4.69, 9.17) is 14.6 Å². The highest BCUT2D eigenvalue weighted by atomic mass is 16.6. The molecule has 1 unspecified atom stereocenters. The molecule has 1 rings (SSSR count). The van der Waals surface area contributed by atoms with Crippen molar-refractivity contribution in [2.75, 3.05) is 13.2 Å². The maximum atomic E-state index is 11.1. The molecule has 7 heteroatoms. The summed E-state index contributed by atoms with van der Waals surface area (Å²) in [5.74, 6) is 0. The van der Waals surface area contributed by atoms with E-state index in [0.717, 1.165) is 6.54 Å². The molecular formula is C16H32N2O5. The van der Waals surface area contributed by atoms with Crippen molar-refractivity contribution in [3.63, 3.8) is 0 Å². The van der Waals surface area contributed by atoms with Gasteiger partial charge in [-0.3, -0.25) is 0 Å². The second-order valence-corrected chi connectivity index (χ2v) is 7.71. The summed E-state index contributed by atoms with van der Waals surface area (Å²) in [4.78, 5) is 23.8. The molecule has 1 saturated heterocycles. The smallest absolute Gasteiger partial charge is 0.410 e. The van der Waals surface area contributed by atoms with Crippen LogP contribution in [0.5, 0.6) is 0 Å². The number of hydrogen-bond donors (Lipinski definition) is 2. The van der Waals surface area contributed by atoms with Crippen LogP contribution >= 0.6 is 0 Å². The van der Waals surface area contributed by atoms with Gasteiger partial charge in [0.15, 0.2) is 0 Å². The van der Waals surface area contributed by atoms with Gasteiger partial charge in [0.1, 0.15) is 11.2 Å². The first-order valence-electron chi connectivity index (χ1n) is 7.85. The Labute approximate surface area is 139 Å². The van der Waals surface area contributed by atoms with E-state index in [0.29, 0.717) is 6.04 Å². The lowest BCUT2D eigenvalue weighted by Crippen LogP contribution is -2.39. The Bertz CT molecular complexity index is 398. The molecule has 0 aromatic rings. The predicted octanol–water partition coefficient (Wildman–Crippen LogP) is 2.52. The lowest BCUT2D eigenvalue weighted by Gasteiger charge is -2.21. The molecule has 136 valence electrons. The van der Waals surface area contributed by atoms with Crippen molar-refractivity contribution in [2.45, 2.75) is 78.7 Å².